The van der Waals surface area contributed by atoms with Crippen LogP contribution in [-0.4, -0.2) is 28.5 Å². The van der Waals surface area contributed by atoms with Gasteiger partial charge in [0.15, 0.2) is 5.78 Å². The largest absolute Gasteiger partial charge is 0.453 e. The second-order valence-corrected chi connectivity index (χ2v) is 7.88. The second-order valence-electron chi connectivity index (χ2n) is 7.88. The average Bonchev–Trinajstić information content (AvgIpc) is 2.62. The van der Waals surface area contributed by atoms with Gasteiger partial charge >= 0.3 is 6.09 Å². The first-order valence-electron chi connectivity index (χ1n) is 9.04. The van der Waals surface area contributed by atoms with Gasteiger partial charge in [0.1, 0.15) is 5.82 Å². The van der Waals surface area contributed by atoms with Crippen molar-refractivity contribution in [2.24, 2.45) is 5.41 Å². The van der Waals surface area contributed by atoms with Crippen LogP contribution >= 0.6 is 0 Å². The van der Waals surface area contributed by atoms with Gasteiger partial charge < -0.3 is 4.74 Å². The minimum atomic E-state index is -0.709. The molecule has 152 valence electrons. The zero-order chi connectivity index (χ0) is 21.8. The molecule has 0 spiro atoms. The summed E-state index contributed by atoms with van der Waals surface area (Å²) in [4.78, 5) is 41.0. The lowest BCUT2D eigenvalue weighted by atomic mass is 9.90. The molecule has 1 N–H and O–H groups in total. The van der Waals surface area contributed by atoms with Crippen molar-refractivity contribution in [1.82, 2.24) is 9.55 Å². The fraction of sp³-hybridized carbons (Fsp3) is 0.381. The van der Waals surface area contributed by atoms with Crippen molar-refractivity contribution in [3.05, 3.63) is 46.0 Å². The van der Waals surface area contributed by atoms with E-state index in [1.807, 2.05) is 26.8 Å². The lowest BCUT2D eigenvalue weighted by Crippen LogP contribution is -2.28. The number of benzene rings is 1. The molecule has 2 aromatic rings. The maximum Gasteiger partial charge on any atom is 0.411 e. The Kier molecular flexibility index (Phi) is 6.54. The highest BCUT2D eigenvalue weighted by molar-refractivity contribution is 5.91. The monoisotopic (exact) mass is 396 g/mol. The number of anilines is 1. The van der Waals surface area contributed by atoms with Crippen LogP contribution in [0.2, 0.25) is 0 Å². The standard InChI is InChI=1S/C21H24N4O4/c1-13-23-18(9-19(27)25(13)12-15(26)10-21(2,3)4)16-7-6-14(11-22)8-17(16)24-20(28)29-5/h6-9H,10,12H2,1-5H3,(H,24,28). The third-order valence-corrected chi connectivity index (χ3v) is 4.11. The smallest absolute Gasteiger partial charge is 0.411 e. The highest BCUT2D eigenvalue weighted by atomic mass is 16.5. The normalized spacial score (nSPS) is 10.9. The summed E-state index contributed by atoms with van der Waals surface area (Å²) in [6.07, 6.45) is -0.358. The summed E-state index contributed by atoms with van der Waals surface area (Å²) in [5, 5.41) is 11.6. The number of Topliss-reactive ketones (excluding diaryl/α,β-unsaturated/α-hetero) is 1. The third kappa shape index (κ3) is 5.75. The van der Waals surface area contributed by atoms with Gasteiger partial charge in [-0.05, 0) is 30.5 Å². The third-order valence-electron chi connectivity index (χ3n) is 4.11. The molecule has 0 atom stereocenters. The van der Waals surface area contributed by atoms with Crippen LogP contribution in [0.15, 0.2) is 29.1 Å². The highest BCUT2D eigenvalue weighted by Gasteiger charge is 2.19. The van der Waals surface area contributed by atoms with Gasteiger partial charge in [0.25, 0.3) is 5.56 Å². The molecule has 0 fully saturated rings. The lowest BCUT2D eigenvalue weighted by Gasteiger charge is -2.18. The van der Waals surface area contributed by atoms with E-state index >= 15 is 0 Å². The van der Waals surface area contributed by atoms with Gasteiger partial charge in [-0.2, -0.15) is 5.26 Å². The molecule has 0 radical (unpaired) electrons. The molecular weight excluding hydrogens is 372 g/mol. The number of amides is 1. The van der Waals surface area contributed by atoms with Gasteiger partial charge in [0.2, 0.25) is 0 Å². The SMILES string of the molecule is COC(=O)Nc1cc(C#N)ccc1-c1cc(=O)n(CC(=O)CC(C)(C)C)c(C)n1. The van der Waals surface area contributed by atoms with Gasteiger partial charge in [0, 0.05) is 18.1 Å². The summed E-state index contributed by atoms with van der Waals surface area (Å²) in [6.45, 7) is 7.48. The molecule has 8 nitrogen and oxygen atoms in total. The first-order valence-corrected chi connectivity index (χ1v) is 9.04. The molecule has 1 aromatic carbocycles. The van der Waals surface area contributed by atoms with E-state index in [0.29, 0.717) is 34.8 Å². The predicted molar refractivity (Wildman–Crippen MR) is 108 cm³/mol. The average molecular weight is 396 g/mol. The molecule has 0 saturated heterocycles. The number of nitrogens with zero attached hydrogens (tertiary/aromatic N) is 3. The zero-order valence-corrected chi connectivity index (χ0v) is 17.2. The second kappa shape index (κ2) is 8.69. The number of ketones is 1. The molecule has 29 heavy (non-hydrogen) atoms. The molecule has 1 heterocycles. The van der Waals surface area contributed by atoms with E-state index in [4.69, 9.17) is 5.26 Å². The summed E-state index contributed by atoms with van der Waals surface area (Å²) in [5.41, 5.74) is 0.870. The number of carbonyl (C=O) groups excluding carboxylic acids is 2. The number of hydrogen-bond acceptors (Lipinski definition) is 6. The summed E-state index contributed by atoms with van der Waals surface area (Å²) >= 11 is 0. The van der Waals surface area contributed by atoms with Crippen LogP contribution in [0, 0.1) is 23.7 Å². The van der Waals surface area contributed by atoms with E-state index in [0.717, 1.165) is 0 Å². The highest BCUT2D eigenvalue weighted by Crippen LogP contribution is 2.27. The Morgan fingerprint density at radius 1 is 1.28 bits per heavy atom. The quantitative estimate of drug-likeness (QED) is 0.829. The molecular formula is C21H24N4O4. The Morgan fingerprint density at radius 2 is 1.97 bits per heavy atom. The molecule has 0 saturated carbocycles. The molecule has 8 heteroatoms. The van der Waals surface area contributed by atoms with E-state index in [1.54, 1.807) is 19.1 Å². The molecule has 0 aliphatic carbocycles. The van der Waals surface area contributed by atoms with Crippen molar-refractivity contribution in [1.29, 1.82) is 5.26 Å². The molecule has 2 rings (SSSR count). The number of nitrogens with one attached hydrogen (secondary N) is 1. The number of methoxy groups -OCH3 is 1. The van der Waals surface area contributed by atoms with Gasteiger partial charge in [-0.25, -0.2) is 9.78 Å². The Bertz CT molecular complexity index is 1040. The Labute approximate surface area is 169 Å². The summed E-state index contributed by atoms with van der Waals surface area (Å²) in [7, 11) is 1.22. The maximum atomic E-state index is 12.7. The van der Waals surface area contributed by atoms with Crippen LogP contribution in [0.5, 0.6) is 0 Å². The van der Waals surface area contributed by atoms with Gasteiger partial charge in [0.05, 0.1) is 36.7 Å². The van der Waals surface area contributed by atoms with Crippen LogP contribution in [0.1, 0.15) is 38.6 Å². The summed E-state index contributed by atoms with van der Waals surface area (Å²) < 4.78 is 5.94. The summed E-state index contributed by atoms with van der Waals surface area (Å²) in [5.74, 6) is 0.326. The van der Waals surface area contributed by atoms with Crippen LogP contribution < -0.4 is 10.9 Å². The number of rotatable bonds is 5. The zero-order valence-electron chi connectivity index (χ0n) is 17.2. The molecule has 0 aliphatic heterocycles. The van der Waals surface area contributed by atoms with Crippen molar-refractivity contribution in [2.45, 2.75) is 40.7 Å². The Balaban J connectivity index is 2.45. The molecule has 1 aromatic heterocycles. The Hall–Kier alpha value is -3.47. The van der Waals surface area contributed by atoms with Gasteiger partial charge in [-0.15, -0.1) is 0 Å². The fourth-order valence-corrected chi connectivity index (χ4v) is 2.88. The van der Waals surface area contributed by atoms with Crippen molar-refractivity contribution in [2.75, 3.05) is 12.4 Å². The fourth-order valence-electron chi connectivity index (χ4n) is 2.88. The number of ether oxygens (including phenoxy) is 1. The molecule has 0 unspecified atom stereocenters. The molecule has 0 aliphatic rings. The van der Waals surface area contributed by atoms with E-state index in [2.05, 4.69) is 15.0 Å². The number of nitriles is 1. The number of hydrogen-bond donors (Lipinski definition) is 1. The first kappa shape index (κ1) is 21.8. The van der Waals surface area contributed by atoms with E-state index < -0.39 is 6.09 Å². The maximum absolute atomic E-state index is 12.7. The van der Waals surface area contributed by atoms with Crippen molar-refractivity contribution in [3.63, 3.8) is 0 Å². The van der Waals surface area contributed by atoms with E-state index in [-0.39, 0.29) is 23.3 Å². The minimum Gasteiger partial charge on any atom is -0.453 e. The lowest BCUT2D eigenvalue weighted by molar-refractivity contribution is -0.121. The minimum absolute atomic E-state index is 0.0458. The summed E-state index contributed by atoms with van der Waals surface area (Å²) in [6, 6.07) is 7.93. The van der Waals surface area contributed by atoms with E-state index in [1.165, 1.54) is 23.8 Å². The van der Waals surface area contributed by atoms with Crippen molar-refractivity contribution < 1.29 is 14.3 Å². The molecule has 1 amide bonds. The Morgan fingerprint density at radius 3 is 2.52 bits per heavy atom. The predicted octanol–water partition coefficient (Wildman–Crippen LogP) is 3.27. The van der Waals surface area contributed by atoms with Crippen LogP contribution in [-0.2, 0) is 16.1 Å². The van der Waals surface area contributed by atoms with Crippen LogP contribution in [0.25, 0.3) is 11.3 Å². The van der Waals surface area contributed by atoms with Gasteiger partial charge in [-0.1, -0.05) is 20.8 Å². The topological polar surface area (TPSA) is 114 Å². The number of carbonyl (C=O) groups is 2. The van der Waals surface area contributed by atoms with Crippen molar-refractivity contribution >= 4 is 17.6 Å². The van der Waals surface area contributed by atoms with E-state index in [9.17, 15) is 14.4 Å². The first-order chi connectivity index (χ1) is 13.5. The van der Waals surface area contributed by atoms with Crippen LogP contribution in [0.4, 0.5) is 10.5 Å². The van der Waals surface area contributed by atoms with Crippen molar-refractivity contribution in [3.8, 4) is 17.3 Å². The van der Waals surface area contributed by atoms with Crippen LogP contribution in [0.3, 0.4) is 0 Å². The number of aryl methyl sites for hydroxylation is 1. The molecule has 0 bridgehead atoms. The van der Waals surface area contributed by atoms with Gasteiger partial charge in [-0.3, -0.25) is 19.5 Å². The number of aromatic nitrogens is 2.